The second-order valence-electron chi connectivity index (χ2n) is 4.25. The number of nitrogens with zero attached hydrogens (tertiary/aromatic N) is 2. The zero-order valence-corrected chi connectivity index (χ0v) is 12.3. The summed E-state index contributed by atoms with van der Waals surface area (Å²) in [7, 11) is -2.18. The third-order valence-corrected chi connectivity index (χ3v) is 5.04. The minimum atomic E-state index is -3.71. The Bertz CT molecular complexity index is 486. The highest BCUT2D eigenvalue weighted by molar-refractivity contribution is 7.89. The number of methoxy groups -OCH3 is 1. The summed E-state index contributed by atoms with van der Waals surface area (Å²) in [6, 6.07) is -0.157. The fourth-order valence-electron chi connectivity index (χ4n) is 1.71. The topological polar surface area (TPSA) is 95.5 Å². The molecule has 1 aromatic heterocycles. The number of aliphatic hydroxyl groups excluding tert-OH is 1. The molecule has 8 heteroatoms. The predicted octanol–water partition coefficient (Wildman–Crippen LogP) is 0.338. The molecule has 0 aliphatic rings. The minimum absolute atomic E-state index is 0.0496. The number of aromatic nitrogens is 2. The summed E-state index contributed by atoms with van der Waals surface area (Å²) in [5.41, 5.74) is 0.269. The lowest BCUT2D eigenvalue weighted by molar-refractivity contribution is 0.167. The normalized spacial score (nSPS) is 13.9. The van der Waals surface area contributed by atoms with Crippen molar-refractivity contribution in [3.8, 4) is 0 Å². The smallest absolute Gasteiger partial charge is 0.260 e. The first kappa shape index (κ1) is 16.1. The molecule has 2 N–H and O–H groups in total. The van der Waals surface area contributed by atoms with Gasteiger partial charge in [0.15, 0.2) is 5.03 Å². The van der Waals surface area contributed by atoms with Crippen molar-refractivity contribution in [1.82, 2.24) is 14.5 Å². The van der Waals surface area contributed by atoms with Gasteiger partial charge in [0.1, 0.15) is 0 Å². The zero-order valence-electron chi connectivity index (χ0n) is 11.5. The van der Waals surface area contributed by atoms with Crippen LogP contribution in [-0.4, -0.2) is 54.3 Å². The van der Waals surface area contributed by atoms with E-state index in [2.05, 4.69) is 10.2 Å². The van der Waals surface area contributed by atoms with Crippen LogP contribution in [0.4, 0.5) is 0 Å². The summed E-state index contributed by atoms with van der Waals surface area (Å²) < 4.78 is 31.5. The van der Waals surface area contributed by atoms with Crippen LogP contribution in [0.3, 0.4) is 0 Å². The molecular formula is C11H21N3O4S. The van der Waals surface area contributed by atoms with Crippen LogP contribution in [0.15, 0.2) is 11.2 Å². The van der Waals surface area contributed by atoms with E-state index in [9.17, 15) is 8.42 Å². The van der Waals surface area contributed by atoms with Gasteiger partial charge in [-0.2, -0.15) is 9.40 Å². The number of aliphatic hydroxyl groups is 1. The molecule has 0 radical (unpaired) electrons. The highest BCUT2D eigenvalue weighted by atomic mass is 32.2. The maximum absolute atomic E-state index is 12.6. The van der Waals surface area contributed by atoms with Crippen molar-refractivity contribution in [2.75, 3.05) is 20.3 Å². The lowest BCUT2D eigenvalue weighted by atomic mass is 10.3. The lowest BCUT2D eigenvalue weighted by Crippen LogP contribution is -2.40. The van der Waals surface area contributed by atoms with Crippen molar-refractivity contribution in [3.05, 3.63) is 11.8 Å². The second kappa shape index (κ2) is 6.99. The van der Waals surface area contributed by atoms with Crippen LogP contribution in [0, 0.1) is 0 Å². The number of sulfonamides is 1. The van der Waals surface area contributed by atoms with E-state index in [0.717, 1.165) is 0 Å². The highest BCUT2D eigenvalue weighted by Crippen LogP contribution is 2.20. The van der Waals surface area contributed by atoms with Crippen LogP contribution in [0.25, 0.3) is 0 Å². The van der Waals surface area contributed by atoms with Crippen LogP contribution in [0.2, 0.25) is 0 Å². The maximum atomic E-state index is 12.6. The van der Waals surface area contributed by atoms with E-state index in [1.807, 2.05) is 13.8 Å². The molecule has 0 aromatic carbocycles. The molecule has 0 fully saturated rings. The molecule has 0 aliphatic carbocycles. The zero-order chi connectivity index (χ0) is 14.5. The molecule has 0 bridgehead atoms. The summed E-state index contributed by atoms with van der Waals surface area (Å²) in [5, 5.41) is 15.2. The Morgan fingerprint density at radius 1 is 1.58 bits per heavy atom. The number of rotatable bonds is 8. The van der Waals surface area contributed by atoms with Gasteiger partial charge in [-0.1, -0.05) is 6.92 Å². The summed E-state index contributed by atoms with van der Waals surface area (Å²) in [6.45, 7) is 3.95. The quantitative estimate of drug-likeness (QED) is 0.720. The third kappa shape index (κ3) is 3.53. The molecule has 0 spiro atoms. The van der Waals surface area contributed by atoms with Crippen molar-refractivity contribution in [2.24, 2.45) is 0 Å². The fourth-order valence-corrected chi connectivity index (χ4v) is 3.50. The SMILES string of the molecule is CCC(C)N(CCOC)S(=O)(=O)c1[nH]ncc1CO. The number of nitrogens with one attached hydrogen (secondary N) is 1. The van der Waals surface area contributed by atoms with E-state index in [1.54, 1.807) is 0 Å². The lowest BCUT2D eigenvalue weighted by Gasteiger charge is -2.27. The number of aromatic amines is 1. The monoisotopic (exact) mass is 291 g/mol. The first-order valence-corrected chi connectivity index (χ1v) is 7.56. The van der Waals surface area contributed by atoms with E-state index in [4.69, 9.17) is 9.84 Å². The number of hydrogen-bond donors (Lipinski definition) is 2. The largest absolute Gasteiger partial charge is 0.392 e. The van der Waals surface area contributed by atoms with Crippen LogP contribution in [0.1, 0.15) is 25.8 Å². The molecule has 7 nitrogen and oxygen atoms in total. The average molecular weight is 291 g/mol. The van der Waals surface area contributed by atoms with Gasteiger partial charge in [-0.3, -0.25) is 5.10 Å². The number of ether oxygens (including phenoxy) is 1. The van der Waals surface area contributed by atoms with Crippen LogP contribution in [-0.2, 0) is 21.4 Å². The Kier molecular flexibility index (Phi) is 5.92. The Hall–Kier alpha value is -0.960. The molecular weight excluding hydrogens is 270 g/mol. The number of H-pyrrole nitrogens is 1. The van der Waals surface area contributed by atoms with E-state index >= 15 is 0 Å². The Morgan fingerprint density at radius 2 is 2.26 bits per heavy atom. The molecule has 1 unspecified atom stereocenters. The van der Waals surface area contributed by atoms with Gasteiger partial charge in [-0.25, -0.2) is 8.42 Å². The van der Waals surface area contributed by atoms with Gasteiger partial charge in [-0.15, -0.1) is 0 Å². The third-order valence-electron chi connectivity index (χ3n) is 3.01. The van der Waals surface area contributed by atoms with Gasteiger partial charge in [0.25, 0.3) is 10.0 Å². The molecule has 1 heterocycles. The van der Waals surface area contributed by atoms with Gasteiger partial charge >= 0.3 is 0 Å². The van der Waals surface area contributed by atoms with Crippen LogP contribution in [0.5, 0.6) is 0 Å². The Morgan fingerprint density at radius 3 is 2.79 bits per heavy atom. The summed E-state index contributed by atoms with van der Waals surface area (Å²) in [4.78, 5) is 0. The molecule has 0 saturated carbocycles. The van der Waals surface area contributed by atoms with Gasteiger partial charge in [0, 0.05) is 25.3 Å². The van der Waals surface area contributed by atoms with Gasteiger partial charge in [0.2, 0.25) is 0 Å². The maximum Gasteiger partial charge on any atom is 0.260 e. The second-order valence-corrected chi connectivity index (χ2v) is 6.08. The molecule has 110 valence electrons. The van der Waals surface area contributed by atoms with E-state index in [0.29, 0.717) is 13.0 Å². The van der Waals surface area contributed by atoms with E-state index in [-0.39, 0.29) is 29.8 Å². The first-order chi connectivity index (χ1) is 8.98. The van der Waals surface area contributed by atoms with Crippen molar-refractivity contribution in [1.29, 1.82) is 0 Å². The standard InChI is InChI=1S/C11H21N3O4S/c1-4-9(2)14(5-6-18-3)19(16,17)11-10(8-15)7-12-13-11/h7,9,15H,4-6,8H2,1-3H3,(H,12,13). The van der Waals surface area contributed by atoms with Crippen molar-refractivity contribution < 1.29 is 18.3 Å². The Labute approximate surface area is 113 Å². The van der Waals surface area contributed by atoms with Crippen molar-refractivity contribution in [2.45, 2.75) is 37.9 Å². The molecule has 0 saturated heterocycles. The summed E-state index contributed by atoms with van der Waals surface area (Å²) in [5.74, 6) is 0. The molecule has 1 rings (SSSR count). The minimum Gasteiger partial charge on any atom is -0.392 e. The molecule has 0 amide bonds. The summed E-state index contributed by atoms with van der Waals surface area (Å²) >= 11 is 0. The summed E-state index contributed by atoms with van der Waals surface area (Å²) in [6.07, 6.45) is 2.00. The van der Waals surface area contributed by atoms with Crippen molar-refractivity contribution >= 4 is 10.0 Å². The van der Waals surface area contributed by atoms with Gasteiger partial charge in [-0.05, 0) is 13.3 Å². The fraction of sp³-hybridized carbons (Fsp3) is 0.727. The van der Waals surface area contributed by atoms with E-state index < -0.39 is 10.0 Å². The van der Waals surface area contributed by atoms with Gasteiger partial charge in [0.05, 0.1) is 19.4 Å². The van der Waals surface area contributed by atoms with Crippen LogP contribution >= 0.6 is 0 Å². The molecule has 1 aromatic rings. The van der Waals surface area contributed by atoms with Gasteiger partial charge < -0.3 is 9.84 Å². The molecule has 1 atom stereocenters. The Balaban J connectivity index is 3.12. The predicted molar refractivity (Wildman–Crippen MR) is 70.0 cm³/mol. The van der Waals surface area contributed by atoms with Crippen LogP contribution < -0.4 is 0 Å². The van der Waals surface area contributed by atoms with E-state index in [1.165, 1.54) is 17.6 Å². The number of hydrogen-bond acceptors (Lipinski definition) is 5. The highest BCUT2D eigenvalue weighted by Gasteiger charge is 2.31. The molecule has 0 aliphatic heterocycles. The average Bonchev–Trinajstić information content (AvgIpc) is 2.87. The molecule has 19 heavy (non-hydrogen) atoms. The van der Waals surface area contributed by atoms with Crippen molar-refractivity contribution in [3.63, 3.8) is 0 Å². The first-order valence-electron chi connectivity index (χ1n) is 6.12.